The third-order valence-corrected chi connectivity index (χ3v) is 19.5. The van der Waals surface area contributed by atoms with Crippen LogP contribution in [0.3, 0.4) is 0 Å². The number of carbonyl (C=O) groups is 10. The van der Waals surface area contributed by atoms with Gasteiger partial charge in [-0.25, -0.2) is 4.79 Å². The molecule has 4 rings (SSSR count). The lowest BCUT2D eigenvalue weighted by Gasteiger charge is -2.41. The molecule has 2 saturated heterocycles. The fourth-order valence-corrected chi connectivity index (χ4v) is 13.9. The minimum atomic E-state index is -0.835. The third-order valence-electron chi connectivity index (χ3n) is 19.5. The zero-order valence-corrected chi connectivity index (χ0v) is 59.9. The predicted molar refractivity (Wildman–Crippen MR) is 369 cm³/mol. The van der Waals surface area contributed by atoms with Gasteiger partial charge in [-0.3, -0.25) is 48.1 Å². The van der Waals surface area contributed by atoms with Crippen molar-refractivity contribution in [2.45, 2.75) is 208 Å². The average molecular weight is 1330 g/mol. The molecule has 0 unspecified atom stereocenters. The van der Waals surface area contributed by atoms with E-state index in [-0.39, 0.29) is 134 Å². The summed E-state index contributed by atoms with van der Waals surface area (Å²) in [6.07, 6.45) is 3.42. The van der Waals surface area contributed by atoms with E-state index in [1.165, 1.54) is 7.11 Å². The molecule has 8 N–H and O–H groups in total. The number of piperidine rings is 1. The molecule has 2 aromatic rings. The van der Waals surface area contributed by atoms with Gasteiger partial charge in [0.25, 0.3) is 0 Å². The number of carbonyl (C=O) groups excluding carboxylic acids is 10. The SMILES string of the molecule is CC[C@H](C)[C@@H]([C@@H](CC(=O)N1CCC[C@H]1[C@H](OC)[C@@H](C)C(=O)C[C@@H](Cc1ccccc1)C(=O)NCc1ccc(NC(=O)[C@H](CCCNC(N)=O)CC(=O)[C@@H](NC(=O)CCCN2CC[C@H](C(=O)NC)C[C@@H]2C)C(C)C)cc1)OC)N(C)C(=O)[C@@H](NC(=O)[C@H](C(C)C)N(C)C)C(C)C. The minimum Gasteiger partial charge on any atom is -0.379 e. The second kappa shape index (κ2) is 40.0. The van der Waals surface area contributed by atoms with Crippen LogP contribution in [0.5, 0.6) is 0 Å². The Kier molecular flexibility index (Phi) is 34.0. The van der Waals surface area contributed by atoms with E-state index >= 15 is 0 Å². The highest BCUT2D eigenvalue weighted by molar-refractivity contribution is 5.97. The molecule has 9 amide bonds. The first-order valence-electron chi connectivity index (χ1n) is 34.6. The molecule has 0 aliphatic carbocycles. The summed E-state index contributed by atoms with van der Waals surface area (Å²) in [5.41, 5.74) is 7.34. The molecule has 23 nitrogen and oxygen atoms in total. The van der Waals surface area contributed by atoms with Crippen LogP contribution in [0.15, 0.2) is 54.6 Å². The Bertz CT molecular complexity index is 2790. The van der Waals surface area contributed by atoms with Gasteiger partial charge in [0.05, 0.1) is 42.8 Å². The Morgan fingerprint density at radius 2 is 1.36 bits per heavy atom. The first kappa shape index (κ1) is 80.6. The van der Waals surface area contributed by atoms with E-state index < -0.39 is 72.1 Å². The van der Waals surface area contributed by atoms with E-state index in [0.717, 1.165) is 24.9 Å². The van der Waals surface area contributed by atoms with Gasteiger partial charge in [-0.15, -0.1) is 0 Å². The largest absolute Gasteiger partial charge is 0.379 e. The number of benzene rings is 2. The smallest absolute Gasteiger partial charge is 0.312 e. The minimum absolute atomic E-state index is 0.00236. The average Bonchev–Trinajstić information content (AvgIpc) is 1.80. The van der Waals surface area contributed by atoms with E-state index in [0.29, 0.717) is 56.4 Å². The number of anilines is 1. The summed E-state index contributed by atoms with van der Waals surface area (Å²) in [6.45, 7) is 21.5. The standard InChI is InChI=1S/C72H117N11O12/c1-17-47(8)65(81(14)71(92)63(45(4)5)79-70(91)64(46(6)7)80(12)13)59(94-15)42-61(87)83-36-22-27-56(83)66(95-16)49(10)57(84)41-54(39-50-24-19-18-20-25-50)68(89)76-43-51-29-31-55(32-30-51)77-69(90)52(26-21-34-75-72(73)93)40-58(85)62(44(2)3)78-60(86)28-23-35-82-37-33-53(38-48(82)9)67(88)74-11/h18-20,24-25,29-32,44-49,52-54,56,59,62-66H,17,21-23,26-28,33-43H2,1-16H3,(H,74,88)(H,76,89)(H,77,90)(H,78,86)(H,79,91)(H3,73,75,93)/t47-,48-,49-,52+,53-,54+,56-,59+,62-,63-,64-,65-,66+/m0/s1. The Morgan fingerprint density at radius 3 is 1.93 bits per heavy atom. The van der Waals surface area contributed by atoms with E-state index in [9.17, 15) is 47.9 Å². The van der Waals surface area contributed by atoms with Crippen LogP contribution >= 0.6 is 0 Å². The number of urea groups is 1. The highest BCUT2D eigenvalue weighted by Crippen LogP contribution is 2.32. The maximum Gasteiger partial charge on any atom is 0.312 e. The van der Waals surface area contributed by atoms with E-state index in [1.54, 1.807) is 62.2 Å². The molecule has 0 spiro atoms. The number of hydrogen-bond acceptors (Lipinski definition) is 14. The lowest BCUT2D eigenvalue weighted by Crippen LogP contribution is -2.59. The number of amides is 9. The van der Waals surface area contributed by atoms with Gasteiger partial charge in [0.15, 0.2) is 5.78 Å². The van der Waals surface area contributed by atoms with Crippen LogP contribution in [-0.4, -0.2) is 196 Å². The van der Waals surface area contributed by atoms with Gasteiger partial charge in [-0.2, -0.15) is 0 Å². The number of likely N-dealkylation sites (N-methyl/N-ethyl adjacent to an activating group) is 2. The van der Waals surface area contributed by atoms with E-state index in [2.05, 4.69) is 43.7 Å². The monoisotopic (exact) mass is 1330 g/mol. The number of primary amides is 1. The molecule has 95 heavy (non-hydrogen) atoms. The fourth-order valence-electron chi connectivity index (χ4n) is 13.9. The maximum absolute atomic E-state index is 14.7. The Balaban J connectivity index is 1.43. The number of likely N-dealkylation sites (tertiary alicyclic amines) is 2. The molecule has 2 fully saturated rings. The van der Waals surface area contributed by atoms with Crippen molar-refractivity contribution in [1.82, 2.24) is 46.2 Å². The summed E-state index contributed by atoms with van der Waals surface area (Å²) in [5.74, 6) is -5.04. The lowest BCUT2D eigenvalue weighted by molar-refractivity contribution is -0.148. The summed E-state index contributed by atoms with van der Waals surface area (Å²) in [4.78, 5) is 144. The van der Waals surface area contributed by atoms with Crippen molar-refractivity contribution >= 4 is 64.6 Å². The van der Waals surface area contributed by atoms with Crippen LogP contribution in [-0.2, 0) is 65.6 Å². The number of hydrogen-bond donors (Lipinski definition) is 7. The van der Waals surface area contributed by atoms with E-state index in [4.69, 9.17) is 15.2 Å². The highest BCUT2D eigenvalue weighted by Gasteiger charge is 2.44. The molecule has 0 bridgehead atoms. The number of nitrogens with one attached hydrogen (secondary N) is 6. The van der Waals surface area contributed by atoms with Crippen molar-refractivity contribution in [3.8, 4) is 0 Å². The molecule has 2 aliphatic heterocycles. The molecule has 0 saturated carbocycles. The van der Waals surface area contributed by atoms with E-state index in [1.807, 2.05) is 105 Å². The predicted octanol–water partition coefficient (Wildman–Crippen LogP) is 6.50. The summed E-state index contributed by atoms with van der Waals surface area (Å²) in [5, 5.41) is 17.2. The van der Waals surface area contributed by atoms with Crippen molar-refractivity contribution in [3.63, 3.8) is 0 Å². The highest BCUT2D eigenvalue weighted by atomic mass is 16.5. The Morgan fingerprint density at radius 1 is 0.705 bits per heavy atom. The molecule has 23 heteroatoms. The number of rotatable bonds is 40. The van der Waals surface area contributed by atoms with Crippen molar-refractivity contribution in [3.05, 3.63) is 65.7 Å². The molecular formula is C72H117N11O12. The molecule has 2 aliphatic rings. The van der Waals surface area contributed by atoms with Crippen LogP contribution in [0.1, 0.15) is 157 Å². The van der Waals surface area contributed by atoms with Crippen LogP contribution in [0.4, 0.5) is 10.5 Å². The third kappa shape index (κ3) is 24.7. The maximum atomic E-state index is 14.7. The normalized spacial score (nSPS) is 19.1. The van der Waals surface area contributed by atoms with Crippen LogP contribution in [0.25, 0.3) is 0 Å². The summed E-state index contributed by atoms with van der Waals surface area (Å²) >= 11 is 0. The van der Waals surface area contributed by atoms with Gasteiger partial charge < -0.3 is 61.8 Å². The molecule has 532 valence electrons. The second-order valence-electron chi connectivity index (χ2n) is 27.8. The summed E-state index contributed by atoms with van der Waals surface area (Å²) < 4.78 is 12.3. The summed E-state index contributed by atoms with van der Waals surface area (Å²) in [7, 11) is 10.1. The molecule has 13 atom stereocenters. The van der Waals surface area contributed by atoms with Crippen LogP contribution in [0, 0.1) is 47.3 Å². The molecule has 2 heterocycles. The van der Waals surface area contributed by atoms with Crippen LogP contribution in [0.2, 0.25) is 0 Å². The van der Waals surface area contributed by atoms with Gasteiger partial charge in [0.1, 0.15) is 11.8 Å². The van der Waals surface area contributed by atoms with Gasteiger partial charge in [0, 0.05) is 103 Å². The van der Waals surface area contributed by atoms with Gasteiger partial charge in [-0.05, 0) is 132 Å². The number of nitrogens with two attached hydrogens (primary N) is 1. The number of ether oxygens (including phenoxy) is 2. The molecular weight excluding hydrogens is 1210 g/mol. The number of ketones is 2. The molecule has 2 aromatic carbocycles. The Labute approximate surface area is 566 Å². The number of methoxy groups -OCH3 is 2. The Hall–Kier alpha value is -6.82. The zero-order valence-electron chi connectivity index (χ0n) is 59.9. The van der Waals surface area contributed by atoms with Gasteiger partial charge in [-0.1, -0.05) is 111 Å². The molecule has 0 radical (unpaired) electrons. The number of Topliss-reactive ketones (excluding diaryl/α,β-unsaturated/α-hetero) is 2. The summed E-state index contributed by atoms with van der Waals surface area (Å²) in [6, 6.07) is 12.8. The zero-order chi connectivity index (χ0) is 70.8. The van der Waals surface area contributed by atoms with Crippen LogP contribution < -0.4 is 37.6 Å². The van der Waals surface area contributed by atoms with Crippen molar-refractivity contribution in [2.24, 2.45) is 53.1 Å². The first-order valence-corrected chi connectivity index (χ1v) is 34.6. The van der Waals surface area contributed by atoms with Gasteiger partial charge >= 0.3 is 6.03 Å². The second-order valence-corrected chi connectivity index (χ2v) is 27.8. The van der Waals surface area contributed by atoms with Gasteiger partial charge in [0.2, 0.25) is 41.4 Å². The van der Waals surface area contributed by atoms with Crippen molar-refractivity contribution in [1.29, 1.82) is 0 Å². The lowest BCUT2D eigenvalue weighted by atomic mass is 9.85. The van der Waals surface area contributed by atoms with Crippen molar-refractivity contribution < 1.29 is 57.4 Å². The fraction of sp³-hybridized carbons (Fsp3) is 0.694. The molecule has 0 aromatic heterocycles. The quantitative estimate of drug-likeness (QED) is 0.0351. The van der Waals surface area contributed by atoms with Crippen molar-refractivity contribution in [2.75, 3.05) is 73.9 Å². The first-order chi connectivity index (χ1) is 45.0. The topological polar surface area (TPSA) is 300 Å². The number of nitrogens with zero attached hydrogens (tertiary/aromatic N) is 4.